The van der Waals surface area contributed by atoms with Crippen LogP contribution in [0.4, 0.5) is 0 Å². The van der Waals surface area contributed by atoms with Gasteiger partial charge in [0.15, 0.2) is 4.77 Å². The van der Waals surface area contributed by atoms with Crippen LogP contribution in [0.5, 0.6) is 0 Å². The van der Waals surface area contributed by atoms with Gasteiger partial charge in [0.25, 0.3) is 5.56 Å². The summed E-state index contributed by atoms with van der Waals surface area (Å²) in [7, 11) is 0. The Kier molecular flexibility index (Phi) is 2.62. The summed E-state index contributed by atoms with van der Waals surface area (Å²) in [5, 5.41) is 8.91. The highest BCUT2D eigenvalue weighted by atomic mass is 32.1. The third kappa shape index (κ3) is 1.76. The van der Waals surface area contributed by atoms with Crippen molar-refractivity contribution in [3.63, 3.8) is 0 Å². The molecule has 2 heterocycles. The van der Waals surface area contributed by atoms with E-state index in [4.69, 9.17) is 17.5 Å². The molecule has 0 aliphatic rings. The second kappa shape index (κ2) is 4.08. The summed E-state index contributed by atoms with van der Waals surface area (Å²) in [6.45, 7) is 0. The quantitative estimate of drug-likeness (QED) is 0.724. The first-order valence-corrected chi connectivity index (χ1v) is 4.80. The fourth-order valence-corrected chi connectivity index (χ4v) is 1.52. The lowest BCUT2D eigenvalue weighted by atomic mass is 10.1. The van der Waals surface area contributed by atoms with Crippen LogP contribution in [0.3, 0.4) is 0 Å². The normalized spacial score (nSPS) is 9.69. The van der Waals surface area contributed by atoms with Gasteiger partial charge in [0.05, 0.1) is 5.69 Å². The topological polar surface area (TPSA) is 85.3 Å². The number of nitrogens with one attached hydrogen (secondary N) is 2. The monoisotopic (exact) mass is 230 g/mol. The summed E-state index contributed by atoms with van der Waals surface area (Å²) in [5.41, 5.74) is 0.639. The fraction of sp³-hybridized carbons (Fsp3) is 0. The number of hydrogen-bond donors (Lipinski definition) is 2. The number of rotatable bonds is 1. The maximum absolute atomic E-state index is 11.5. The molecule has 0 atom stereocenters. The van der Waals surface area contributed by atoms with Crippen LogP contribution in [-0.2, 0) is 0 Å². The Bertz CT molecular complexity index is 666. The average Bonchev–Trinajstić information content (AvgIpc) is 2.29. The van der Waals surface area contributed by atoms with Crippen LogP contribution in [0.15, 0.2) is 29.3 Å². The van der Waals surface area contributed by atoms with Gasteiger partial charge in [-0.05, 0) is 24.4 Å². The Morgan fingerprint density at radius 3 is 2.62 bits per heavy atom. The van der Waals surface area contributed by atoms with Crippen LogP contribution in [-0.4, -0.2) is 15.0 Å². The molecule has 0 bridgehead atoms. The van der Waals surface area contributed by atoms with E-state index in [1.165, 1.54) is 0 Å². The van der Waals surface area contributed by atoms with Gasteiger partial charge in [-0.15, -0.1) is 0 Å². The van der Waals surface area contributed by atoms with Crippen LogP contribution in [0.25, 0.3) is 11.3 Å². The number of aromatic nitrogens is 3. The van der Waals surface area contributed by atoms with Gasteiger partial charge in [0, 0.05) is 18.0 Å². The van der Waals surface area contributed by atoms with E-state index in [1.807, 2.05) is 6.07 Å². The summed E-state index contributed by atoms with van der Waals surface area (Å²) in [5.74, 6) is 0. The number of H-pyrrole nitrogens is 2. The largest absolute Gasteiger partial charge is 0.331 e. The molecule has 0 aliphatic heterocycles. The van der Waals surface area contributed by atoms with Crippen LogP contribution in [0.2, 0.25) is 0 Å². The van der Waals surface area contributed by atoms with Gasteiger partial charge in [0.2, 0.25) is 0 Å². The molecule has 0 saturated heterocycles. The minimum Gasteiger partial charge on any atom is -0.331 e. The number of aromatic amines is 2. The molecule has 6 heteroatoms. The van der Waals surface area contributed by atoms with Crippen LogP contribution in [0, 0.1) is 16.1 Å². The molecule has 2 aromatic rings. The molecule has 0 radical (unpaired) electrons. The lowest BCUT2D eigenvalue weighted by Crippen LogP contribution is -2.13. The number of pyridine rings is 1. The van der Waals surface area contributed by atoms with Crippen LogP contribution >= 0.6 is 12.2 Å². The molecule has 0 amide bonds. The maximum Gasteiger partial charge on any atom is 0.270 e. The van der Waals surface area contributed by atoms with Crippen molar-refractivity contribution in [3.8, 4) is 17.3 Å². The van der Waals surface area contributed by atoms with Crippen molar-refractivity contribution in [1.29, 1.82) is 5.26 Å². The van der Waals surface area contributed by atoms with E-state index in [2.05, 4.69) is 15.0 Å². The first kappa shape index (κ1) is 10.3. The van der Waals surface area contributed by atoms with E-state index in [0.717, 1.165) is 0 Å². The lowest BCUT2D eigenvalue weighted by molar-refractivity contribution is 1.08. The first-order chi connectivity index (χ1) is 7.72. The zero-order valence-corrected chi connectivity index (χ0v) is 8.84. The highest BCUT2D eigenvalue weighted by Crippen LogP contribution is 2.16. The molecule has 78 valence electrons. The van der Waals surface area contributed by atoms with E-state index < -0.39 is 5.56 Å². The highest BCUT2D eigenvalue weighted by Gasteiger charge is 2.09. The number of nitriles is 1. The predicted molar refractivity (Wildman–Crippen MR) is 60.2 cm³/mol. The van der Waals surface area contributed by atoms with Gasteiger partial charge >= 0.3 is 0 Å². The summed E-state index contributed by atoms with van der Waals surface area (Å²) >= 11 is 4.86. The number of hydrogen-bond acceptors (Lipinski definition) is 4. The van der Waals surface area contributed by atoms with Gasteiger partial charge in [-0.3, -0.25) is 14.8 Å². The summed E-state index contributed by atoms with van der Waals surface area (Å²) in [6, 6.07) is 5.24. The lowest BCUT2D eigenvalue weighted by Gasteiger charge is -2.02. The van der Waals surface area contributed by atoms with Crippen LogP contribution < -0.4 is 5.56 Å². The molecule has 0 spiro atoms. The Hall–Kier alpha value is -2.26. The third-order valence-electron chi connectivity index (χ3n) is 2.02. The zero-order chi connectivity index (χ0) is 11.5. The third-order valence-corrected chi connectivity index (χ3v) is 2.23. The van der Waals surface area contributed by atoms with Gasteiger partial charge in [-0.2, -0.15) is 5.26 Å². The fourth-order valence-electron chi connectivity index (χ4n) is 1.33. The van der Waals surface area contributed by atoms with E-state index in [-0.39, 0.29) is 10.3 Å². The maximum atomic E-state index is 11.5. The van der Waals surface area contributed by atoms with Crippen LogP contribution in [0.1, 0.15) is 5.56 Å². The molecule has 0 saturated carbocycles. The molecule has 16 heavy (non-hydrogen) atoms. The molecule has 0 unspecified atom stereocenters. The van der Waals surface area contributed by atoms with Gasteiger partial charge in [-0.1, -0.05) is 0 Å². The van der Waals surface area contributed by atoms with Crippen molar-refractivity contribution in [3.05, 3.63) is 45.2 Å². The second-order valence-corrected chi connectivity index (χ2v) is 3.41. The van der Waals surface area contributed by atoms with Crippen molar-refractivity contribution in [2.24, 2.45) is 0 Å². The Morgan fingerprint density at radius 2 is 2.00 bits per heavy atom. The minimum absolute atomic E-state index is 0.0137. The standard InChI is InChI=1S/C10H6N4OS/c11-5-7-8(6-1-3-12-4-2-6)13-10(16)14-9(7)15/h1-4H,(H2,13,14,15,16). The molecule has 0 aromatic carbocycles. The molecule has 2 N–H and O–H groups in total. The predicted octanol–water partition coefficient (Wildman–Crippen LogP) is 1.37. The Balaban J connectivity index is 2.81. The highest BCUT2D eigenvalue weighted by molar-refractivity contribution is 7.71. The van der Waals surface area contributed by atoms with Crippen molar-refractivity contribution in [2.45, 2.75) is 0 Å². The van der Waals surface area contributed by atoms with E-state index in [0.29, 0.717) is 11.3 Å². The summed E-state index contributed by atoms with van der Waals surface area (Å²) < 4.78 is 0.191. The molecular formula is C10H6N4OS. The molecule has 0 aliphatic carbocycles. The van der Waals surface area contributed by atoms with Gasteiger partial charge in [-0.25, -0.2) is 0 Å². The minimum atomic E-state index is -0.488. The Morgan fingerprint density at radius 1 is 1.31 bits per heavy atom. The molecule has 2 aromatic heterocycles. The number of nitrogens with zero attached hydrogens (tertiary/aromatic N) is 2. The first-order valence-electron chi connectivity index (χ1n) is 4.39. The summed E-state index contributed by atoms with van der Waals surface area (Å²) in [4.78, 5) is 20.5. The van der Waals surface area contributed by atoms with Gasteiger partial charge < -0.3 is 4.98 Å². The van der Waals surface area contributed by atoms with Crippen molar-refractivity contribution >= 4 is 12.2 Å². The van der Waals surface area contributed by atoms with Crippen molar-refractivity contribution in [2.75, 3.05) is 0 Å². The van der Waals surface area contributed by atoms with Crippen molar-refractivity contribution in [1.82, 2.24) is 15.0 Å². The average molecular weight is 230 g/mol. The zero-order valence-electron chi connectivity index (χ0n) is 8.02. The Labute approximate surface area is 95.4 Å². The molecular weight excluding hydrogens is 224 g/mol. The second-order valence-electron chi connectivity index (χ2n) is 3.01. The molecule has 5 nitrogen and oxygen atoms in total. The van der Waals surface area contributed by atoms with E-state index in [1.54, 1.807) is 24.5 Å². The van der Waals surface area contributed by atoms with E-state index in [9.17, 15) is 4.79 Å². The molecule has 2 rings (SSSR count). The smallest absolute Gasteiger partial charge is 0.270 e. The molecule has 0 fully saturated rings. The summed E-state index contributed by atoms with van der Waals surface area (Å²) in [6.07, 6.45) is 3.16. The van der Waals surface area contributed by atoms with Gasteiger partial charge in [0.1, 0.15) is 11.6 Å². The van der Waals surface area contributed by atoms with Crippen molar-refractivity contribution < 1.29 is 0 Å². The SMILES string of the molecule is N#Cc1c(-c2ccncc2)[nH]c(=S)[nH]c1=O. The van der Waals surface area contributed by atoms with E-state index >= 15 is 0 Å².